The zero-order chi connectivity index (χ0) is 13.3. The Morgan fingerprint density at radius 1 is 0.941 bits per heavy atom. The highest BCUT2D eigenvalue weighted by molar-refractivity contribution is 7.53. The van der Waals surface area contributed by atoms with E-state index in [2.05, 4.69) is 9.47 Å². The van der Waals surface area contributed by atoms with Gasteiger partial charge in [0, 0.05) is 6.66 Å². The second kappa shape index (κ2) is 8.22. The Balaban J connectivity index is 3.91. The van der Waals surface area contributed by atoms with Crippen molar-refractivity contribution in [1.82, 2.24) is 0 Å². The van der Waals surface area contributed by atoms with Crippen molar-refractivity contribution >= 4 is 19.5 Å². The summed E-state index contributed by atoms with van der Waals surface area (Å²) in [5.74, 6) is -1.29. The molecule has 0 radical (unpaired) electrons. The fraction of sp³-hybridized carbons (Fsp3) is 0.778. The lowest BCUT2D eigenvalue weighted by molar-refractivity contribution is -0.146. The van der Waals surface area contributed by atoms with Crippen molar-refractivity contribution in [1.29, 1.82) is 0 Å². The Hall–Kier alpha value is -0.910. The molecule has 0 saturated carbocycles. The van der Waals surface area contributed by atoms with Crippen LogP contribution in [-0.2, 0) is 32.7 Å². The molecule has 0 N–H and O–H groups in total. The van der Waals surface area contributed by atoms with Crippen LogP contribution in [0.4, 0.5) is 0 Å². The number of ether oxygens (including phenoxy) is 2. The molecule has 0 bridgehead atoms. The van der Waals surface area contributed by atoms with Crippen molar-refractivity contribution in [2.75, 3.05) is 33.1 Å². The van der Waals surface area contributed by atoms with Gasteiger partial charge in [0.15, 0.2) is 13.2 Å². The molecule has 0 amide bonds. The molecule has 0 spiro atoms. The summed E-state index contributed by atoms with van der Waals surface area (Å²) in [5, 5.41) is 0. The van der Waals surface area contributed by atoms with Gasteiger partial charge in [0.2, 0.25) is 0 Å². The molecule has 0 atom stereocenters. The first-order valence-electron chi connectivity index (χ1n) is 5.09. The molecule has 0 rings (SSSR count). The maximum atomic E-state index is 11.6. The minimum Gasteiger partial charge on any atom is -0.464 e. The molecule has 0 aromatic carbocycles. The Morgan fingerprint density at radius 2 is 1.29 bits per heavy atom. The highest BCUT2D eigenvalue weighted by Crippen LogP contribution is 2.43. The molecule has 8 heteroatoms. The standard InChI is InChI=1S/C9H17O7P/c1-4-13-8(10)6-15-17(3,12)16-7-9(11)14-5-2/h4-7H2,1-3H3. The lowest BCUT2D eigenvalue weighted by Crippen LogP contribution is -2.14. The fourth-order valence-corrected chi connectivity index (χ4v) is 1.54. The van der Waals surface area contributed by atoms with Crippen LogP contribution in [0, 0.1) is 0 Å². The molecule has 0 unspecified atom stereocenters. The van der Waals surface area contributed by atoms with Crippen LogP contribution in [0.15, 0.2) is 0 Å². The normalized spacial score (nSPS) is 11.0. The number of hydrogen-bond acceptors (Lipinski definition) is 7. The van der Waals surface area contributed by atoms with Crippen LogP contribution in [0.3, 0.4) is 0 Å². The van der Waals surface area contributed by atoms with Crippen LogP contribution < -0.4 is 0 Å². The van der Waals surface area contributed by atoms with Crippen molar-refractivity contribution in [3.8, 4) is 0 Å². The van der Waals surface area contributed by atoms with Crippen LogP contribution in [0.2, 0.25) is 0 Å². The third-order valence-electron chi connectivity index (χ3n) is 1.44. The number of carbonyl (C=O) groups excluding carboxylic acids is 2. The van der Waals surface area contributed by atoms with Gasteiger partial charge in [-0.15, -0.1) is 0 Å². The van der Waals surface area contributed by atoms with Crippen molar-refractivity contribution in [2.45, 2.75) is 13.8 Å². The van der Waals surface area contributed by atoms with Crippen LogP contribution in [-0.4, -0.2) is 45.0 Å². The predicted octanol–water partition coefficient (Wildman–Crippen LogP) is 0.969. The van der Waals surface area contributed by atoms with E-state index in [1.165, 1.54) is 0 Å². The smallest absolute Gasteiger partial charge is 0.332 e. The van der Waals surface area contributed by atoms with Gasteiger partial charge in [0.1, 0.15) is 0 Å². The molecule has 0 heterocycles. The summed E-state index contributed by atoms with van der Waals surface area (Å²) in [7, 11) is -3.45. The van der Waals surface area contributed by atoms with E-state index in [1.807, 2.05) is 0 Å². The largest absolute Gasteiger partial charge is 0.464 e. The second-order valence-corrected chi connectivity index (χ2v) is 4.99. The Morgan fingerprint density at radius 3 is 1.59 bits per heavy atom. The molecular formula is C9H17O7P. The third kappa shape index (κ3) is 8.85. The van der Waals surface area contributed by atoms with E-state index in [-0.39, 0.29) is 13.2 Å². The second-order valence-electron chi connectivity index (χ2n) is 2.93. The molecule has 0 fully saturated rings. The summed E-state index contributed by atoms with van der Waals surface area (Å²) in [4.78, 5) is 21.8. The fourth-order valence-electron chi connectivity index (χ4n) is 0.782. The zero-order valence-electron chi connectivity index (χ0n) is 10.1. The van der Waals surface area contributed by atoms with Gasteiger partial charge in [-0.05, 0) is 13.8 Å². The van der Waals surface area contributed by atoms with E-state index >= 15 is 0 Å². The lowest BCUT2D eigenvalue weighted by Gasteiger charge is -2.12. The summed E-state index contributed by atoms with van der Waals surface area (Å²) < 4.78 is 30.2. The van der Waals surface area contributed by atoms with Gasteiger partial charge in [0.25, 0.3) is 0 Å². The highest BCUT2D eigenvalue weighted by atomic mass is 31.2. The van der Waals surface area contributed by atoms with Crippen molar-refractivity contribution < 1.29 is 32.7 Å². The summed E-state index contributed by atoms with van der Waals surface area (Å²) >= 11 is 0. The van der Waals surface area contributed by atoms with Crippen LogP contribution >= 0.6 is 7.60 Å². The van der Waals surface area contributed by atoms with Crippen LogP contribution in [0.5, 0.6) is 0 Å². The first-order valence-corrected chi connectivity index (χ1v) is 7.08. The Bertz CT molecular complexity index is 276. The first-order chi connectivity index (χ1) is 7.91. The minimum atomic E-state index is -3.45. The summed E-state index contributed by atoms with van der Waals surface area (Å²) in [6.45, 7) is 3.89. The number of esters is 2. The van der Waals surface area contributed by atoms with Gasteiger partial charge in [-0.3, -0.25) is 13.6 Å². The maximum absolute atomic E-state index is 11.6. The monoisotopic (exact) mass is 268 g/mol. The molecule has 17 heavy (non-hydrogen) atoms. The van der Waals surface area contributed by atoms with E-state index in [9.17, 15) is 14.2 Å². The summed E-state index contributed by atoms with van der Waals surface area (Å²) in [6.07, 6.45) is 0. The topological polar surface area (TPSA) is 88.1 Å². The molecule has 0 aromatic heterocycles. The Kier molecular flexibility index (Phi) is 7.78. The van der Waals surface area contributed by atoms with Gasteiger partial charge < -0.3 is 9.47 Å². The quantitative estimate of drug-likeness (QED) is 0.478. The van der Waals surface area contributed by atoms with E-state index in [0.29, 0.717) is 0 Å². The molecule has 100 valence electrons. The van der Waals surface area contributed by atoms with Crippen molar-refractivity contribution in [3.05, 3.63) is 0 Å². The summed E-state index contributed by atoms with van der Waals surface area (Å²) in [6, 6.07) is 0. The van der Waals surface area contributed by atoms with Crippen molar-refractivity contribution in [2.24, 2.45) is 0 Å². The maximum Gasteiger partial charge on any atom is 0.332 e. The minimum absolute atomic E-state index is 0.208. The number of hydrogen-bond donors (Lipinski definition) is 0. The van der Waals surface area contributed by atoms with E-state index in [1.54, 1.807) is 13.8 Å². The van der Waals surface area contributed by atoms with Gasteiger partial charge >= 0.3 is 19.5 Å². The molecule has 0 saturated heterocycles. The molecule has 0 aliphatic carbocycles. The van der Waals surface area contributed by atoms with Crippen LogP contribution in [0.25, 0.3) is 0 Å². The molecule has 0 aliphatic rings. The molecular weight excluding hydrogens is 251 g/mol. The zero-order valence-corrected chi connectivity index (χ0v) is 11.0. The van der Waals surface area contributed by atoms with Crippen LogP contribution in [0.1, 0.15) is 13.8 Å². The molecule has 7 nitrogen and oxygen atoms in total. The molecule has 0 aliphatic heterocycles. The van der Waals surface area contributed by atoms with Gasteiger partial charge in [-0.25, -0.2) is 9.59 Å². The molecule has 0 aromatic rings. The van der Waals surface area contributed by atoms with E-state index in [4.69, 9.17) is 9.05 Å². The highest BCUT2D eigenvalue weighted by Gasteiger charge is 2.21. The first kappa shape index (κ1) is 16.1. The average molecular weight is 268 g/mol. The average Bonchev–Trinajstić information content (AvgIpc) is 2.25. The SMILES string of the molecule is CCOC(=O)COP(C)(=O)OCC(=O)OCC. The van der Waals surface area contributed by atoms with E-state index in [0.717, 1.165) is 6.66 Å². The number of rotatable bonds is 8. The third-order valence-corrected chi connectivity index (χ3v) is 2.64. The van der Waals surface area contributed by atoms with Gasteiger partial charge in [0.05, 0.1) is 13.2 Å². The Labute approximate surface area is 99.9 Å². The lowest BCUT2D eigenvalue weighted by atomic mass is 10.7. The predicted molar refractivity (Wildman–Crippen MR) is 58.7 cm³/mol. The van der Waals surface area contributed by atoms with Gasteiger partial charge in [-0.1, -0.05) is 0 Å². The number of carbonyl (C=O) groups is 2. The van der Waals surface area contributed by atoms with Gasteiger partial charge in [-0.2, -0.15) is 0 Å². The van der Waals surface area contributed by atoms with Crippen molar-refractivity contribution in [3.63, 3.8) is 0 Å². The summed E-state index contributed by atoms with van der Waals surface area (Å²) in [5.41, 5.74) is 0. The van der Waals surface area contributed by atoms with E-state index < -0.39 is 32.7 Å².